The minimum absolute atomic E-state index is 0.0404. The smallest absolute Gasteiger partial charge is 0.251 e. The van der Waals surface area contributed by atoms with E-state index in [0.717, 1.165) is 62.6 Å². The molecule has 1 N–H and O–H groups in total. The van der Waals surface area contributed by atoms with Crippen molar-refractivity contribution in [2.45, 2.75) is 44.8 Å². The van der Waals surface area contributed by atoms with Gasteiger partial charge in [0.1, 0.15) is 11.4 Å². The Balaban J connectivity index is 1.51. The Bertz CT molecular complexity index is 839. The highest BCUT2D eigenvalue weighted by molar-refractivity contribution is 5.94. The van der Waals surface area contributed by atoms with Gasteiger partial charge in [0.05, 0.1) is 19.3 Å². The lowest BCUT2D eigenvalue weighted by atomic mass is 9.83. The van der Waals surface area contributed by atoms with E-state index in [1.807, 2.05) is 42.5 Å². The molecule has 0 aromatic heterocycles. The third-order valence-corrected chi connectivity index (χ3v) is 6.30. The SMILES string of the molecule is CCC1(CC)CC(NC(=O)c2ccc(N3CCOCC3)cc2)c2ccccc2O1. The zero-order chi connectivity index (χ0) is 20.3. The highest BCUT2D eigenvalue weighted by atomic mass is 16.5. The van der Waals surface area contributed by atoms with Crippen LogP contribution in [0, 0.1) is 0 Å². The minimum atomic E-state index is -0.230. The standard InChI is InChI=1S/C24H30N2O3/c1-3-24(4-2)17-21(20-7-5-6-8-22(20)29-24)25-23(27)18-9-11-19(12-10-18)26-13-15-28-16-14-26/h5-12,21H,3-4,13-17H2,1-2H3,(H,25,27). The molecule has 4 rings (SSSR count). The topological polar surface area (TPSA) is 50.8 Å². The van der Waals surface area contributed by atoms with Gasteiger partial charge in [-0.2, -0.15) is 0 Å². The second-order valence-electron chi connectivity index (χ2n) is 7.91. The Hall–Kier alpha value is -2.53. The molecule has 5 nitrogen and oxygen atoms in total. The van der Waals surface area contributed by atoms with Crippen LogP contribution in [0.2, 0.25) is 0 Å². The normalized spacial score (nSPS) is 20.5. The van der Waals surface area contributed by atoms with Crippen molar-refractivity contribution in [2.24, 2.45) is 0 Å². The Morgan fingerprint density at radius 3 is 2.45 bits per heavy atom. The van der Waals surface area contributed by atoms with Gasteiger partial charge < -0.3 is 19.7 Å². The first-order chi connectivity index (χ1) is 14.1. The molecule has 1 amide bonds. The molecule has 5 heteroatoms. The van der Waals surface area contributed by atoms with E-state index in [-0.39, 0.29) is 17.6 Å². The minimum Gasteiger partial charge on any atom is -0.487 e. The number of anilines is 1. The van der Waals surface area contributed by atoms with Crippen molar-refractivity contribution < 1.29 is 14.3 Å². The van der Waals surface area contributed by atoms with E-state index in [0.29, 0.717) is 5.56 Å². The quantitative estimate of drug-likeness (QED) is 0.820. The number of carbonyl (C=O) groups excluding carboxylic acids is 1. The summed E-state index contributed by atoms with van der Waals surface area (Å²) >= 11 is 0. The molecule has 2 heterocycles. The highest BCUT2D eigenvalue weighted by Gasteiger charge is 2.39. The molecule has 0 radical (unpaired) electrons. The van der Waals surface area contributed by atoms with E-state index in [1.165, 1.54) is 0 Å². The number of fused-ring (bicyclic) bond motifs is 1. The summed E-state index contributed by atoms with van der Waals surface area (Å²) in [5.41, 5.74) is 2.65. The molecule has 1 unspecified atom stereocenters. The average molecular weight is 395 g/mol. The zero-order valence-corrected chi connectivity index (χ0v) is 17.3. The van der Waals surface area contributed by atoms with Gasteiger partial charge in [0.15, 0.2) is 0 Å². The number of nitrogens with one attached hydrogen (secondary N) is 1. The van der Waals surface area contributed by atoms with Crippen molar-refractivity contribution in [1.82, 2.24) is 5.32 Å². The summed E-state index contributed by atoms with van der Waals surface area (Å²) in [7, 11) is 0. The van der Waals surface area contributed by atoms with Gasteiger partial charge in [-0.05, 0) is 43.2 Å². The molecule has 2 aromatic rings. The summed E-state index contributed by atoms with van der Waals surface area (Å²) in [6, 6.07) is 15.9. The van der Waals surface area contributed by atoms with Crippen molar-refractivity contribution in [1.29, 1.82) is 0 Å². The Kier molecular flexibility index (Phi) is 5.76. The number of amides is 1. The van der Waals surface area contributed by atoms with Crippen LogP contribution in [0.5, 0.6) is 5.75 Å². The molecule has 1 saturated heterocycles. The van der Waals surface area contributed by atoms with Crippen LogP contribution in [-0.4, -0.2) is 37.8 Å². The summed E-state index contributed by atoms with van der Waals surface area (Å²) < 4.78 is 11.8. The highest BCUT2D eigenvalue weighted by Crippen LogP contribution is 2.42. The monoisotopic (exact) mass is 394 g/mol. The molecule has 2 aliphatic heterocycles. The van der Waals surface area contributed by atoms with Crippen molar-refractivity contribution in [3.63, 3.8) is 0 Å². The molecule has 0 bridgehead atoms. The number of morpholine rings is 1. The molecule has 2 aliphatic rings. The number of hydrogen-bond donors (Lipinski definition) is 1. The number of benzene rings is 2. The molecule has 154 valence electrons. The molecule has 0 aliphatic carbocycles. The average Bonchev–Trinajstić information content (AvgIpc) is 2.79. The van der Waals surface area contributed by atoms with Gasteiger partial charge >= 0.3 is 0 Å². The molecular formula is C24H30N2O3. The van der Waals surface area contributed by atoms with Gasteiger partial charge in [0, 0.05) is 36.3 Å². The molecular weight excluding hydrogens is 364 g/mol. The molecule has 1 atom stereocenters. The molecule has 2 aromatic carbocycles. The van der Waals surface area contributed by atoms with Gasteiger partial charge in [-0.25, -0.2) is 0 Å². The van der Waals surface area contributed by atoms with Crippen molar-refractivity contribution >= 4 is 11.6 Å². The summed E-state index contributed by atoms with van der Waals surface area (Å²) in [5, 5.41) is 3.26. The molecule has 0 spiro atoms. The van der Waals surface area contributed by atoms with Gasteiger partial charge in [-0.1, -0.05) is 32.0 Å². The van der Waals surface area contributed by atoms with E-state index < -0.39 is 0 Å². The van der Waals surface area contributed by atoms with Crippen LogP contribution < -0.4 is 15.0 Å². The van der Waals surface area contributed by atoms with Gasteiger partial charge in [-0.3, -0.25) is 4.79 Å². The summed E-state index contributed by atoms with van der Waals surface area (Å²) in [6.07, 6.45) is 2.62. The van der Waals surface area contributed by atoms with E-state index in [9.17, 15) is 4.79 Å². The Morgan fingerprint density at radius 1 is 1.07 bits per heavy atom. The number of nitrogens with zero attached hydrogens (tertiary/aromatic N) is 1. The maximum atomic E-state index is 13.0. The van der Waals surface area contributed by atoms with Crippen LogP contribution in [0.4, 0.5) is 5.69 Å². The first kappa shape index (κ1) is 19.8. The van der Waals surface area contributed by atoms with E-state index in [4.69, 9.17) is 9.47 Å². The molecule has 29 heavy (non-hydrogen) atoms. The maximum absolute atomic E-state index is 13.0. The van der Waals surface area contributed by atoms with Crippen LogP contribution in [0.15, 0.2) is 48.5 Å². The lowest BCUT2D eigenvalue weighted by Crippen LogP contribution is -2.44. The largest absolute Gasteiger partial charge is 0.487 e. The maximum Gasteiger partial charge on any atom is 0.251 e. The van der Waals surface area contributed by atoms with Crippen LogP contribution in [0.3, 0.4) is 0 Å². The van der Waals surface area contributed by atoms with Gasteiger partial charge in [0.2, 0.25) is 0 Å². The predicted molar refractivity (Wildman–Crippen MR) is 115 cm³/mol. The third kappa shape index (κ3) is 4.10. The second kappa shape index (κ2) is 8.46. The Morgan fingerprint density at radius 2 is 1.76 bits per heavy atom. The lowest BCUT2D eigenvalue weighted by molar-refractivity contribution is 0.0227. The van der Waals surface area contributed by atoms with Crippen LogP contribution >= 0.6 is 0 Å². The van der Waals surface area contributed by atoms with Crippen LogP contribution in [0.1, 0.15) is 55.1 Å². The fourth-order valence-electron chi connectivity index (χ4n) is 4.32. The van der Waals surface area contributed by atoms with E-state index in [1.54, 1.807) is 0 Å². The fourth-order valence-corrected chi connectivity index (χ4v) is 4.32. The Labute approximate surface area is 173 Å². The van der Waals surface area contributed by atoms with Crippen LogP contribution in [0.25, 0.3) is 0 Å². The first-order valence-electron chi connectivity index (χ1n) is 10.7. The third-order valence-electron chi connectivity index (χ3n) is 6.30. The van der Waals surface area contributed by atoms with Gasteiger partial charge in [0.25, 0.3) is 5.91 Å². The molecule has 1 fully saturated rings. The van der Waals surface area contributed by atoms with Crippen molar-refractivity contribution in [3.8, 4) is 5.75 Å². The van der Waals surface area contributed by atoms with Crippen molar-refractivity contribution in [2.75, 3.05) is 31.2 Å². The fraction of sp³-hybridized carbons (Fsp3) is 0.458. The number of para-hydroxylation sites is 1. The second-order valence-corrected chi connectivity index (χ2v) is 7.91. The van der Waals surface area contributed by atoms with Gasteiger partial charge in [-0.15, -0.1) is 0 Å². The van der Waals surface area contributed by atoms with E-state index >= 15 is 0 Å². The lowest BCUT2D eigenvalue weighted by Gasteiger charge is -2.41. The van der Waals surface area contributed by atoms with Crippen LogP contribution in [-0.2, 0) is 4.74 Å². The first-order valence-corrected chi connectivity index (χ1v) is 10.7. The number of carbonyl (C=O) groups is 1. The number of ether oxygens (including phenoxy) is 2. The summed E-state index contributed by atoms with van der Waals surface area (Å²) in [4.78, 5) is 15.3. The number of rotatable bonds is 5. The zero-order valence-electron chi connectivity index (χ0n) is 17.3. The predicted octanol–water partition coefficient (Wildman–Crippen LogP) is 4.34. The molecule has 0 saturated carbocycles. The summed E-state index contributed by atoms with van der Waals surface area (Å²) in [5.74, 6) is 0.844. The summed E-state index contributed by atoms with van der Waals surface area (Å²) in [6.45, 7) is 7.59. The van der Waals surface area contributed by atoms with Crippen molar-refractivity contribution in [3.05, 3.63) is 59.7 Å². The number of hydrogen-bond acceptors (Lipinski definition) is 4. The van der Waals surface area contributed by atoms with E-state index in [2.05, 4.69) is 30.1 Å².